The third-order valence-electron chi connectivity index (χ3n) is 3.57. The van der Waals surface area contributed by atoms with Crippen molar-refractivity contribution in [1.82, 2.24) is 9.88 Å². The third kappa shape index (κ3) is 2.85. The minimum absolute atomic E-state index is 0.0582. The Kier molecular flexibility index (Phi) is 3.79. The molecule has 1 aromatic heterocycles. The van der Waals surface area contributed by atoms with Crippen LogP contribution >= 0.6 is 11.3 Å². The van der Waals surface area contributed by atoms with E-state index in [9.17, 15) is 9.59 Å². The van der Waals surface area contributed by atoms with E-state index in [1.807, 2.05) is 31.2 Å². The van der Waals surface area contributed by atoms with Crippen LogP contribution in [0.15, 0.2) is 34.4 Å². The summed E-state index contributed by atoms with van der Waals surface area (Å²) in [6.45, 7) is 2.47. The second-order valence-corrected chi connectivity index (χ2v) is 5.84. The van der Waals surface area contributed by atoms with Crippen molar-refractivity contribution in [1.29, 1.82) is 0 Å². The Labute approximate surface area is 126 Å². The van der Waals surface area contributed by atoms with Crippen LogP contribution in [0.5, 0.6) is 5.75 Å². The van der Waals surface area contributed by atoms with Gasteiger partial charge in [-0.2, -0.15) is 0 Å². The number of aromatic nitrogens is 1. The summed E-state index contributed by atoms with van der Waals surface area (Å²) in [5, 5.41) is 4.76. The lowest BCUT2D eigenvalue weighted by atomic mass is 10.0. The molecule has 5 nitrogen and oxygen atoms in total. The smallest absolute Gasteiger partial charge is 0.307 e. The van der Waals surface area contributed by atoms with E-state index in [0.717, 1.165) is 34.8 Å². The van der Waals surface area contributed by atoms with Gasteiger partial charge >= 0.3 is 4.87 Å². The molecule has 1 aromatic carbocycles. The highest BCUT2D eigenvalue weighted by Gasteiger charge is 2.22. The van der Waals surface area contributed by atoms with Crippen LogP contribution < -0.4 is 14.9 Å². The van der Waals surface area contributed by atoms with E-state index in [4.69, 9.17) is 4.74 Å². The number of para-hydroxylation sites is 1. The van der Waals surface area contributed by atoms with Gasteiger partial charge in [-0.25, -0.2) is 0 Å². The van der Waals surface area contributed by atoms with E-state index < -0.39 is 0 Å². The zero-order valence-electron chi connectivity index (χ0n) is 11.7. The third-order valence-corrected chi connectivity index (χ3v) is 4.45. The Hall–Kier alpha value is -2.08. The largest absolute Gasteiger partial charge is 0.493 e. The Morgan fingerprint density at radius 3 is 3.05 bits per heavy atom. The fourth-order valence-electron chi connectivity index (χ4n) is 2.47. The van der Waals surface area contributed by atoms with Crippen molar-refractivity contribution >= 4 is 17.2 Å². The minimum Gasteiger partial charge on any atom is -0.493 e. The number of nitrogens with one attached hydrogen (secondary N) is 1. The minimum atomic E-state index is -0.152. The van der Waals surface area contributed by atoms with Crippen molar-refractivity contribution in [3.63, 3.8) is 0 Å². The Balaban J connectivity index is 1.73. The van der Waals surface area contributed by atoms with E-state index in [0.29, 0.717) is 6.61 Å². The summed E-state index contributed by atoms with van der Waals surface area (Å²) >= 11 is 1.12. The number of hydrogen-bond acceptors (Lipinski definition) is 4. The van der Waals surface area contributed by atoms with Crippen molar-refractivity contribution in [2.75, 3.05) is 6.61 Å². The highest BCUT2D eigenvalue weighted by Crippen LogP contribution is 2.31. The average Bonchev–Trinajstić information content (AvgIpc) is 2.79. The summed E-state index contributed by atoms with van der Waals surface area (Å²) in [5.41, 5.74) is 1.80. The van der Waals surface area contributed by atoms with Crippen LogP contribution in [0.1, 0.15) is 23.7 Å². The van der Waals surface area contributed by atoms with Crippen molar-refractivity contribution in [3.05, 3.63) is 50.6 Å². The quantitative estimate of drug-likeness (QED) is 0.941. The van der Waals surface area contributed by atoms with Gasteiger partial charge in [0.2, 0.25) is 5.91 Å². The number of amides is 1. The van der Waals surface area contributed by atoms with Gasteiger partial charge in [0, 0.05) is 23.1 Å². The predicted molar refractivity (Wildman–Crippen MR) is 80.8 cm³/mol. The zero-order valence-corrected chi connectivity index (χ0v) is 12.5. The van der Waals surface area contributed by atoms with Crippen LogP contribution in [-0.4, -0.2) is 17.1 Å². The van der Waals surface area contributed by atoms with Gasteiger partial charge in [-0.15, -0.1) is 0 Å². The molecule has 0 radical (unpaired) electrons. The Morgan fingerprint density at radius 1 is 1.48 bits per heavy atom. The lowest BCUT2D eigenvalue weighted by Gasteiger charge is -2.26. The highest BCUT2D eigenvalue weighted by molar-refractivity contribution is 7.07. The molecule has 21 heavy (non-hydrogen) atoms. The lowest BCUT2D eigenvalue weighted by molar-refractivity contribution is -0.122. The van der Waals surface area contributed by atoms with Crippen molar-refractivity contribution in [2.45, 2.75) is 25.9 Å². The normalized spacial score (nSPS) is 16.9. The molecule has 1 aliphatic heterocycles. The average molecular weight is 304 g/mol. The summed E-state index contributed by atoms with van der Waals surface area (Å²) in [4.78, 5) is 23.7. The molecule has 1 unspecified atom stereocenters. The summed E-state index contributed by atoms with van der Waals surface area (Å²) in [5.74, 6) is 0.665. The first-order valence-corrected chi connectivity index (χ1v) is 7.69. The Morgan fingerprint density at radius 2 is 2.29 bits per heavy atom. The summed E-state index contributed by atoms with van der Waals surface area (Å²) in [6.07, 6.45) is 0.736. The standard InChI is InChI=1S/C15H16N2O3S/c1-10-9-21-15(19)17(10)8-14(18)16-12-6-7-20-13-5-3-2-4-11(12)13/h2-5,9,12H,6-8H2,1H3,(H,16,18). The van der Waals surface area contributed by atoms with Gasteiger partial charge < -0.3 is 10.1 Å². The zero-order chi connectivity index (χ0) is 14.8. The molecule has 1 aliphatic rings. The fourth-order valence-corrected chi connectivity index (χ4v) is 3.21. The number of aryl methyl sites for hydroxylation is 1. The molecule has 1 N–H and O–H groups in total. The number of carbonyl (C=O) groups excluding carboxylic acids is 1. The van der Waals surface area contributed by atoms with E-state index in [1.165, 1.54) is 4.57 Å². The van der Waals surface area contributed by atoms with E-state index in [2.05, 4.69) is 5.32 Å². The maximum Gasteiger partial charge on any atom is 0.307 e. The molecule has 6 heteroatoms. The van der Waals surface area contributed by atoms with Crippen LogP contribution in [0, 0.1) is 6.92 Å². The van der Waals surface area contributed by atoms with Crippen LogP contribution in [0.4, 0.5) is 0 Å². The molecular weight excluding hydrogens is 288 g/mol. The molecule has 0 fully saturated rings. The first-order chi connectivity index (χ1) is 10.1. The molecule has 1 atom stereocenters. The monoisotopic (exact) mass is 304 g/mol. The molecule has 110 valence electrons. The van der Waals surface area contributed by atoms with Crippen molar-refractivity contribution in [2.24, 2.45) is 0 Å². The number of hydrogen-bond donors (Lipinski definition) is 1. The van der Waals surface area contributed by atoms with Gasteiger partial charge in [-0.1, -0.05) is 29.5 Å². The van der Waals surface area contributed by atoms with E-state index >= 15 is 0 Å². The summed E-state index contributed by atoms with van der Waals surface area (Å²) in [7, 11) is 0. The fraction of sp³-hybridized carbons (Fsp3) is 0.333. The maximum atomic E-state index is 12.2. The number of ether oxygens (including phenoxy) is 1. The Bertz CT molecular complexity index is 720. The number of thiazole rings is 1. The number of nitrogens with zero attached hydrogens (tertiary/aromatic N) is 1. The molecule has 0 saturated heterocycles. The van der Waals surface area contributed by atoms with Gasteiger partial charge in [0.15, 0.2) is 0 Å². The molecule has 0 bridgehead atoms. The van der Waals surface area contributed by atoms with Gasteiger partial charge in [0.1, 0.15) is 12.3 Å². The summed E-state index contributed by atoms with van der Waals surface area (Å²) in [6, 6.07) is 7.65. The number of rotatable bonds is 3. The first kappa shape index (κ1) is 13.9. The van der Waals surface area contributed by atoms with Crippen LogP contribution in [0.3, 0.4) is 0 Å². The molecule has 2 heterocycles. The van der Waals surface area contributed by atoms with E-state index in [-0.39, 0.29) is 23.4 Å². The predicted octanol–water partition coefficient (Wildman–Crippen LogP) is 1.86. The van der Waals surface area contributed by atoms with Gasteiger partial charge in [0.05, 0.1) is 12.6 Å². The van der Waals surface area contributed by atoms with Crippen LogP contribution in [0.25, 0.3) is 0 Å². The van der Waals surface area contributed by atoms with Gasteiger partial charge in [-0.3, -0.25) is 14.2 Å². The second kappa shape index (κ2) is 5.73. The molecule has 0 aliphatic carbocycles. The van der Waals surface area contributed by atoms with Crippen LogP contribution in [-0.2, 0) is 11.3 Å². The maximum absolute atomic E-state index is 12.2. The number of carbonyl (C=O) groups is 1. The molecule has 3 rings (SSSR count). The number of fused-ring (bicyclic) bond motifs is 1. The van der Waals surface area contributed by atoms with Crippen LogP contribution in [0.2, 0.25) is 0 Å². The topological polar surface area (TPSA) is 60.3 Å². The molecule has 2 aromatic rings. The SMILES string of the molecule is Cc1csc(=O)n1CC(=O)NC1CCOc2ccccc21. The summed E-state index contributed by atoms with van der Waals surface area (Å²) < 4.78 is 7.07. The number of benzene rings is 1. The molecule has 0 spiro atoms. The molecule has 0 saturated carbocycles. The van der Waals surface area contributed by atoms with E-state index in [1.54, 1.807) is 5.38 Å². The second-order valence-electron chi connectivity index (χ2n) is 5.02. The van der Waals surface area contributed by atoms with Crippen molar-refractivity contribution in [3.8, 4) is 5.75 Å². The highest BCUT2D eigenvalue weighted by atomic mass is 32.1. The lowest BCUT2D eigenvalue weighted by Crippen LogP contribution is -2.36. The molecular formula is C15H16N2O3S. The van der Waals surface area contributed by atoms with Gasteiger partial charge in [-0.05, 0) is 13.0 Å². The first-order valence-electron chi connectivity index (χ1n) is 6.81. The van der Waals surface area contributed by atoms with Gasteiger partial charge in [0.25, 0.3) is 0 Å². The molecule has 1 amide bonds. The van der Waals surface area contributed by atoms with Crippen molar-refractivity contribution < 1.29 is 9.53 Å².